The van der Waals surface area contributed by atoms with E-state index in [1.807, 2.05) is 0 Å². The Balaban J connectivity index is 3.12. The lowest BCUT2D eigenvalue weighted by atomic mass is 9.79. The maximum absolute atomic E-state index is 12.9. The standard InChI is InChI=1S/C7H4BClFNO2/c9-13-8(12)6-3-5(4-11)1-2-7(6)10/h1-3,12H. The molecule has 0 spiro atoms. The van der Waals surface area contributed by atoms with Crippen molar-refractivity contribution in [3.8, 4) is 6.07 Å². The summed E-state index contributed by atoms with van der Waals surface area (Å²) in [6.45, 7) is 0. The van der Waals surface area contributed by atoms with E-state index in [-0.39, 0.29) is 11.0 Å². The van der Waals surface area contributed by atoms with E-state index in [2.05, 4.69) is 4.21 Å². The van der Waals surface area contributed by atoms with Crippen LogP contribution in [0.4, 0.5) is 4.39 Å². The van der Waals surface area contributed by atoms with Gasteiger partial charge in [-0.3, -0.25) is 0 Å². The Labute approximate surface area is 79.6 Å². The van der Waals surface area contributed by atoms with Gasteiger partial charge in [-0.2, -0.15) is 5.26 Å². The van der Waals surface area contributed by atoms with E-state index in [4.69, 9.17) is 22.2 Å². The van der Waals surface area contributed by atoms with Crippen molar-refractivity contribution < 1.29 is 13.6 Å². The maximum Gasteiger partial charge on any atom is 0.511 e. The molecule has 6 heteroatoms. The van der Waals surface area contributed by atoms with Gasteiger partial charge in [0.25, 0.3) is 0 Å². The molecule has 3 nitrogen and oxygen atoms in total. The summed E-state index contributed by atoms with van der Waals surface area (Å²) in [5.74, 6) is -0.674. The van der Waals surface area contributed by atoms with Gasteiger partial charge in [-0.1, -0.05) is 0 Å². The Morgan fingerprint density at radius 1 is 1.62 bits per heavy atom. The second-order valence-corrected chi connectivity index (χ2v) is 2.47. The Morgan fingerprint density at radius 2 is 2.31 bits per heavy atom. The first-order chi connectivity index (χ1) is 6.19. The number of nitrogens with zero attached hydrogens (tertiary/aromatic N) is 1. The topological polar surface area (TPSA) is 53.2 Å². The van der Waals surface area contributed by atoms with Crippen molar-refractivity contribution in [1.29, 1.82) is 5.26 Å². The molecule has 0 amide bonds. The first-order valence-corrected chi connectivity index (χ1v) is 3.65. The third-order valence-corrected chi connectivity index (χ3v) is 1.64. The minimum Gasteiger partial charge on any atom is -0.422 e. The van der Waals surface area contributed by atoms with Crippen molar-refractivity contribution in [2.75, 3.05) is 0 Å². The first-order valence-electron chi connectivity index (χ1n) is 3.34. The second-order valence-electron chi connectivity index (χ2n) is 2.29. The molecule has 1 rings (SSSR count). The number of hydrogen-bond acceptors (Lipinski definition) is 3. The largest absolute Gasteiger partial charge is 0.511 e. The SMILES string of the molecule is N#Cc1ccc(F)c(B(O)OCl)c1. The molecule has 1 aromatic rings. The van der Waals surface area contributed by atoms with Crippen LogP contribution in [-0.4, -0.2) is 12.1 Å². The van der Waals surface area contributed by atoms with Crippen LogP contribution in [-0.2, 0) is 4.21 Å². The fraction of sp³-hybridized carbons (Fsp3) is 0. The van der Waals surface area contributed by atoms with E-state index in [1.54, 1.807) is 6.07 Å². The highest BCUT2D eigenvalue weighted by molar-refractivity contribution is 6.63. The summed E-state index contributed by atoms with van der Waals surface area (Å²) in [6, 6.07) is 5.32. The molecular formula is C7H4BClFNO2. The van der Waals surface area contributed by atoms with Gasteiger partial charge in [0.1, 0.15) is 5.82 Å². The summed E-state index contributed by atoms with van der Waals surface area (Å²) < 4.78 is 16.9. The number of benzene rings is 1. The molecule has 1 aromatic carbocycles. The Kier molecular flexibility index (Phi) is 3.26. The molecule has 0 radical (unpaired) electrons. The van der Waals surface area contributed by atoms with Crippen molar-refractivity contribution >= 4 is 24.4 Å². The minimum absolute atomic E-state index is 0.158. The molecule has 0 aliphatic carbocycles. The summed E-state index contributed by atoms with van der Waals surface area (Å²) in [7, 11) is -1.56. The summed E-state index contributed by atoms with van der Waals surface area (Å²) >= 11 is 4.85. The van der Waals surface area contributed by atoms with Gasteiger partial charge in [0.2, 0.25) is 0 Å². The summed E-state index contributed by atoms with van der Waals surface area (Å²) in [5.41, 5.74) is 0.0678. The van der Waals surface area contributed by atoms with E-state index < -0.39 is 12.9 Å². The highest BCUT2D eigenvalue weighted by atomic mass is 35.5. The van der Waals surface area contributed by atoms with Crippen LogP contribution >= 0.6 is 11.9 Å². The average Bonchev–Trinajstić information content (AvgIpc) is 2.17. The average molecular weight is 199 g/mol. The third kappa shape index (κ3) is 2.19. The summed E-state index contributed by atoms with van der Waals surface area (Å²) in [6.07, 6.45) is 0. The number of nitriles is 1. The minimum atomic E-state index is -1.56. The lowest BCUT2D eigenvalue weighted by Crippen LogP contribution is -2.33. The fourth-order valence-electron chi connectivity index (χ4n) is 0.851. The lowest BCUT2D eigenvalue weighted by Gasteiger charge is -2.02. The molecule has 0 bridgehead atoms. The predicted octanol–water partition coefficient (Wildman–Crippen LogP) is 0.555. The summed E-state index contributed by atoms with van der Waals surface area (Å²) in [5, 5.41) is 17.5. The van der Waals surface area contributed by atoms with Gasteiger partial charge in [0.15, 0.2) is 0 Å². The highest BCUT2D eigenvalue weighted by Crippen LogP contribution is 2.01. The highest BCUT2D eigenvalue weighted by Gasteiger charge is 2.20. The predicted molar refractivity (Wildman–Crippen MR) is 45.7 cm³/mol. The number of rotatable bonds is 2. The number of hydrogen-bond donors (Lipinski definition) is 1. The van der Waals surface area contributed by atoms with E-state index in [1.165, 1.54) is 12.1 Å². The van der Waals surface area contributed by atoms with Gasteiger partial charge in [0, 0.05) is 17.3 Å². The molecule has 0 atom stereocenters. The van der Waals surface area contributed by atoms with E-state index >= 15 is 0 Å². The fourth-order valence-corrected chi connectivity index (χ4v) is 0.947. The molecule has 0 saturated heterocycles. The smallest absolute Gasteiger partial charge is 0.422 e. The van der Waals surface area contributed by atoms with Crippen LogP contribution in [0.1, 0.15) is 5.56 Å². The molecule has 0 unspecified atom stereocenters. The molecule has 0 fully saturated rings. The molecule has 66 valence electrons. The van der Waals surface area contributed by atoms with E-state index in [9.17, 15) is 4.39 Å². The molecular weight excluding hydrogens is 195 g/mol. The number of halogens is 2. The van der Waals surface area contributed by atoms with Crippen LogP contribution in [0.2, 0.25) is 0 Å². The second kappa shape index (κ2) is 4.24. The lowest BCUT2D eigenvalue weighted by molar-refractivity contribution is 0.454. The van der Waals surface area contributed by atoms with Gasteiger partial charge >= 0.3 is 7.12 Å². The van der Waals surface area contributed by atoms with Gasteiger partial charge in [-0.25, -0.2) is 4.39 Å². The van der Waals surface area contributed by atoms with Gasteiger partial charge < -0.3 is 9.23 Å². The zero-order valence-corrected chi connectivity index (χ0v) is 7.12. The first kappa shape index (κ1) is 10.00. The van der Waals surface area contributed by atoms with Crippen molar-refractivity contribution in [1.82, 2.24) is 0 Å². The molecule has 0 aliphatic rings. The molecule has 0 aromatic heterocycles. The van der Waals surface area contributed by atoms with Crippen LogP contribution in [0.3, 0.4) is 0 Å². The van der Waals surface area contributed by atoms with Crippen LogP contribution in [0.5, 0.6) is 0 Å². The Morgan fingerprint density at radius 3 is 2.85 bits per heavy atom. The quantitative estimate of drug-likeness (QED) is 0.708. The van der Waals surface area contributed by atoms with Crippen LogP contribution in [0, 0.1) is 17.1 Å². The Hall–Kier alpha value is -1.09. The summed E-state index contributed by atoms with van der Waals surface area (Å²) in [4.78, 5) is 0. The third-order valence-electron chi connectivity index (χ3n) is 1.48. The van der Waals surface area contributed by atoms with Crippen LogP contribution < -0.4 is 5.46 Å². The van der Waals surface area contributed by atoms with Gasteiger partial charge in [0.05, 0.1) is 11.6 Å². The monoisotopic (exact) mass is 199 g/mol. The van der Waals surface area contributed by atoms with Crippen molar-refractivity contribution in [3.05, 3.63) is 29.6 Å². The molecule has 0 saturated carbocycles. The maximum atomic E-state index is 12.9. The normalized spacial score (nSPS) is 9.38. The zero-order valence-electron chi connectivity index (χ0n) is 6.37. The van der Waals surface area contributed by atoms with Gasteiger partial charge in [-0.15, -0.1) is 0 Å². The van der Waals surface area contributed by atoms with Crippen LogP contribution in [0.25, 0.3) is 0 Å². The molecule has 0 aliphatic heterocycles. The molecule has 1 N–H and O–H groups in total. The van der Waals surface area contributed by atoms with E-state index in [0.29, 0.717) is 0 Å². The van der Waals surface area contributed by atoms with Crippen LogP contribution in [0.15, 0.2) is 18.2 Å². The van der Waals surface area contributed by atoms with Gasteiger partial charge in [-0.05, 0) is 18.2 Å². The Bertz CT molecular complexity index is 355. The zero-order chi connectivity index (χ0) is 9.84. The molecule has 13 heavy (non-hydrogen) atoms. The van der Waals surface area contributed by atoms with Crippen molar-refractivity contribution in [3.63, 3.8) is 0 Å². The van der Waals surface area contributed by atoms with Crippen molar-refractivity contribution in [2.45, 2.75) is 0 Å². The molecule has 0 heterocycles. The van der Waals surface area contributed by atoms with Crippen molar-refractivity contribution in [2.24, 2.45) is 0 Å². The van der Waals surface area contributed by atoms with E-state index in [0.717, 1.165) is 6.07 Å².